The molecule has 6 heteroatoms. The molecule has 0 bridgehead atoms. The average Bonchev–Trinajstić information content (AvgIpc) is 2.13. The number of nitrogens with zero attached hydrogens (tertiary/aromatic N) is 2. The van der Waals surface area contributed by atoms with Crippen molar-refractivity contribution >= 4 is 0 Å². The summed E-state index contributed by atoms with van der Waals surface area (Å²) >= 11 is 0. The van der Waals surface area contributed by atoms with Gasteiger partial charge in [-0.2, -0.15) is 13.2 Å². The SMILES string of the molecule is OC1(c2cnc(C(F)(F)F)cn2)CCC1. The Morgan fingerprint density at radius 1 is 1.20 bits per heavy atom. The topological polar surface area (TPSA) is 46.0 Å². The third kappa shape index (κ3) is 1.81. The molecule has 0 atom stereocenters. The minimum absolute atomic E-state index is 0.224. The van der Waals surface area contributed by atoms with E-state index in [0.717, 1.165) is 12.6 Å². The van der Waals surface area contributed by atoms with Crippen molar-refractivity contribution in [1.82, 2.24) is 9.97 Å². The van der Waals surface area contributed by atoms with Crippen LogP contribution in [0.5, 0.6) is 0 Å². The van der Waals surface area contributed by atoms with Crippen molar-refractivity contribution in [3.8, 4) is 0 Å². The Morgan fingerprint density at radius 3 is 2.20 bits per heavy atom. The van der Waals surface area contributed by atoms with Crippen LogP contribution in [0.25, 0.3) is 0 Å². The molecule has 0 spiro atoms. The van der Waals surface area contributed by atoms with E-state index < -0.39 is 17.5 Å². The van der Waals surface area contributed by atoms with Crippen molar-refractivity contribution in [3.05, 3.63) is 23.8 Å². The number of aromatic nitrogens is 2. The standard InChI is InChI=1S/C9H9F3N2O/c10-9(11,12)7-5-13-6(4-14-7)8(15)2-1-3-8/h4-5,15H,1-3H2. The third-order valence-corrected chi connectivity index (χ3v) is 2.60. The zero-order chi connectivity index (χ0) is 11.1. The molecule has 0 aliphatic heterocycles. The molecule has 1 saturated carbocycles. The molecule has 1 N–H and O–H groups in total. The first-order chi connectivity index (χ1) is 6.92. The van der Waals surface area contributed by atoms with Crippen LogP contribution in [0, 0.1) is 0 Å². The van der Waals surface area contributed by atoms with Crippen LogP contribution in [0.15, 0.2) is 12.4 Å². The second-order valence-electron chi connectivity index (χ2n) is 3.67. The van der Waals surface area contributed by atoms with Crippen LogP contribution in [0.1, 0.15) is 30.7 Å². The maximum atomic E-state index is 12.1. The smallest absolute Gasteiger partial charge is 0.383 e. The van der Waals surface area contributed by atoms with Crippen LogP contribution in [0.3, 0.4) is 0 Å². The van der Waals surface area contributed by atoms with Gasteiger partial charge in [0, 0.05) is 0 Å². The van der Waals surface area contributed by atoms with Gasteiger partial charge in [0.25, 0.3) is 0 Å². The minimum Gasteiger partial charge on any atom is -0.383 e. The van der Waals surface area contributed by atoms with Crippen molar-refractivity contribution in [2.24, 2.45) is 0 Å². The Labute approximate surface area is 84.0 Å². The molecule has 1 aliphatic carbocycles. The van der Waals surface area contributed by atoms with Crippen LogP contribution < -0.4 is 0 Å². The molecule has 0 aromatic carbocycles. The van der Waals surface area contributed by atoms with Gasteiger partial charge in [-0.05, 0) is 19.3 Å². The van der Waals surface area contributed by atoms with Gasteiger partial charge >= 0.3 is 6.18 Å². The summed E-state index contributed by atoms with van der Waals surface area (Å²) in [4.78, 5) is 6.86. The van der Waals surface area contributed by atoms with E-state index in [1.54, 1.807) is 0 Å². The van der Waals surface area contributed by atoms with E-state index in [4.69, 9.17) is 0 Å². The second-order valence-corrected chi connectivity index (χ2v) is 3.67. The predicted molar refractivity (Wildman–Crippen MR) is 44.8 cm³/mol. The predicted octanol–water partition coefficient (Wildman–Crippen LogP) is 1.87. The van der Waals surface area contributed by atoms with Crippen molar-refractivity contribution in [1.29, 1.82) is 0 Å². The average molecular weight is 218 g/mol. The number of rotatable bonds is 1. The maximum Gasteiger partial charge on any atom is 0.434 e. The fourth-order valence-corrected chi connectivity index (χ4v) is 1.48. The van der Waals surface area contributed by atoms with Crippen LogP contribution in [-0.4, -0.2) is 15.1 Å². The Balaban J connectivity index is 2.24. The summed E-state index contributed by atoms with van der Waals surface area (Å²) in [6.07, 6.45) is -0.888. The number of aliphatic hydroxyl groups is 1. The highest BCUT2D eigenvalue weighted by Gasteiger charge is 2.39. The van der Waals surface area contributed by atoms with E-state index in [9.17, 15) is 18.3 Å². The van der Waals surface area contributed by atoms with Crippen molar-refractivity contribution in [2.75, 3.05) is 0 Å². The monoisotopic (exact) mass is 218 g/mol. The van der Waals surface area contributed by atoms with E-state index in [1.807, 2.05) is 0 Å². The van der Waals surface area contributed by atoms with Gasteiger partial charge in [-0.15, -0.1) is 0 Å². The highest BCUT2D eigenvalue weighted by molar-refractivity contribution is 5.14. The third-order valence-electron chi connectivity index (χ3n) is 2.60. The molecule has 0 amide bonds. The molecular weight excluding hydrogens is 209 g/mol. The van der Waals surface area contributed by atoms with Gasteiger partial charge in [0.05, 0.1) is 18.1 Å². The minimum atomic E-state index is -4.48. The van der Waals surface area contributed by atoms with Gasteiger partial charge in [-0.25, -0.2) is 4.98 Å². The Morgan fingerprint density at radius 2 is 1.87 bits per heavy atom. The summed E-state index contributed by atoms with van der Waals surface area (Å²) in [5, 5.41) is 9.79. The van der Waals surface area contributed by atoms with Crippen molar-refractivity contribution < 1.29 is 18.3 Å². The summed E-state index contributed by atoms with van der Waals surface area (Å²) in [6, 6.07) is 0. The van der Waals surface area contributed by atoms with Gasteiger partial charge in [0.1, 0.15) is 5.60 Å². The normalized spacial score (nSPS) is 19.7. The van der Waals surface area contributed by atoms with E-state index in [-0.39, 0.29) is 5.69 Å². The summed E-state index contributed by atoms with van der Waals surface area (Å²) in [5.74, 6) is 0. The molecule has 1 aliphatic rings. The lowest BCUT2D eigenvalue weighted by Gasteiger charge is -2.35. The lowest BCUT2D eigenvalue weighted by molar-refractivity contribution is -0.141. The number of hydrogen-bond donors (Lipinski definition) is 1. The molecule has 1 fully saturated rings. The molecule has 82 valence electrons. The van der Waals surface area contributed by atoms with Gasteiger partial charge in [-0.3, -0.25) is 4.98 Å². The first kappa shape index (κ1) is 10.4. The summed E-state index contributed by atoms with van der Waals surface area (Å²) in [5.41, 5.74) is -1.87. The molecule has 0 radical (unpaired) electrons. The molecule has 0 saturated heterocycles. The van der Waals surface area contributed by atoms with Crippen LogP contribution in [0.2, 0.25) is 0 Å². The quantitative estimate of drug-likeness (QED) is 0.782. The first-order valence-corrected chi connectivity index (χ1v) is 4.54. The largest absolute Gasteiger partial charge is 0.434 e. The fraction of sp³-hybridized carbons (Fsp3) is 0.556. The lowest BCUT2D eigenvalue weighted by atomic mass is 9.78. The zero-order valence-corrected chi connectivity index (χ0v) is 7.75. The molecule has 1 aromatic rings. The molecule has 1 aromatic heterocycles. The zero-order valence-electron chi connectivity index (χ0n) is 7.75. The van der Waals surface area contributed by atoms with Crippen LogP contribution in [0.4, 0.5) is 13.2 Å². The molecule has 1 heterocycles. The number of halogens is 3. The Kier molecular flexibility index (Phi) is 2.18. The number of alkyl halides is 3. The van der Waals surface area contributed by atoms with Crippen molar-refractivity contribution in [2.45, 2.75) is 31.0 Å². The molecular formula is C9H9F3N2O. The molecule has 0 unspecified atom stereocenters. The second kappa shape index (κ2) is 3.16. The van der Waals surface area contributed by atoms with Gasteiger partial charge < -0.3 is 5.11 Å². The van der Waals surface area contributed by atoms with E-state index in [2.05, 4.69) is 9.97 Å². The fourth-order valence-electron chi connectivity index (χ4n) is 1.48. The number of hydrogen-bond acceptors (Lipinski definition) is 3. The molecule has 3 nitrogen and oxygen atoms in total. The Hall–Kier alpha value is -1.17. The van der Waals surface area contributed by atoms with Gasteiger partial charge in [-0.1, -0.05) is 0 Å². The molecule has 2 rings (SSSR count). The van der Waals surface area contributed by atoms with Crippen LogP contribution >= 0.6 is 0 Å². The lowest BCUT2D eigenvalue weighted by Crippen LogP contribution is -2.34. The van der Waals surface area contributed by atoms with E-state index >= 15 is 0 Å². The highest BCUT2D eigenvalue weighted by Crippen LogP contribution is 2.40. The van der Waals surface area contributed by atoms with Crippen molar-refractivity contribution in [3.63, 3.8) is 0 Å². The van der Waals surface area contributed by atoms with Gasteiger partial charge in [0.2, 0.25) is 0 Å². The van der Waals surface area contributed by atoms with E-state index in [1.165, 1.54) is 0 Å². The molecule has 15 heavy (non-hydrogen) atoms. The summed E-state index contributed by atoms with van der Waals surface area (Å²) in [6.45, 7) is 0. The van der Waals surface area contributed by atoms with Gasteiger partial charge in [0.15, 0.2) is 5.69 Å². The Bertz CT molecular complexity index is 357. The van der Waals surface area contributed by atoms with E-state index in [0.29, 0.717) is 19.0 Å². The summed E-state index contributed by atoms with van der Waals surface area (Å²) in [7, 11) is 0. The first-order valence-electron chi connectivity index (χ1n) is 4.54. The highest BCUT2D eigenvalue weighted by atomic mass is 19.4. The maximum absolute atomic E-state index is 12.1. The van der Waals surface area contributed by atoms with Crippen LogP contribution in [-0.2, 0) is 11.8 Å². The summed E-state index contributed by atoms with van der Waals surface area (Å²) < 4.78 is 36.4.